The molecule has 0 amide bonds. The number of aliphatic hydroxyl groups is 1. The van der Waals surface area contributed by atoms with Gasteiger partial charge in [-0.2, -0.15) is 0 Å². The van der Waals surface area contributed by atoms with Crippen LogP contribution in [0.4, 0.5) is 0 Å². The zero-order chi connectivity index (χ0) is 12.0. The number of ether oxygens (including phenoxy) is 2. The van der Waals surface area contributed by atoms with E-state index in [-0.39, 0.29) is 25.1 Å². The van der Waals surface area contributed by atoms with E-state index in [2.05, 4.69) is 0 Å². The Bertz CT molecular complexity index is 334. The van der Waals surface area contributed by atoms with E-state index < -0.39 is 0 Å². The van der Waals surface area contributed by atoms with Crippen LogP contribution in [0.15, 0.2) is 18.2 Å². The van der Waals surface area contributed by atoms with Gasteiger partial charge in [0, 0.05) is 12.6 Å². The number of benzene rings is 1. The fourth-order valence-corrected chi connectivity index (χ4v) is 1.50. The van der Waals surface area contributed by atoms with Gasteiger partial charge in [-0.3, -0.25) is 0 Å². The van der Waals surface area contributed by atoms with Crippen LogP contribution in [0.5, 0.6) is 11.5 Å². The minimum atomic E-state index is -0.172. The Morgan fingerprint density at radius 3 is 2.59 bits per heavy atom. The predicted molar refractivity (Wildman–Crippen MR) is 70.0 cm³/mol. The molecular weight excluding hydrogens is 242 g/mol. The van der Waals surface area contributed by atoms with E-state index in [4.69, 9.17) is 20.3 Å². The maximum absolute atomic E-state index is 8.83. The lowest BCUT2D eigenvalue weighted by molar-refractivity contribution is 0.276. The zero-order valence-electron chi connectivity index (χ0n) is 10.2. The number of hydrogen-bond acceptors (Lipinski definition) is 4. The fourth-order valence-electron chi connectivity index (χ4n) is 1.50. The molecule has 0 spiro atoms. The summed E-state index contributed by atoms with van der Waals surface area (Å²) in [6.07, 6.45) is 0.539. The van der Waals surface area contributed by atoms with Gasteiger partial charge in [0.2, 0.25) is 0 Å². The molecule has 98 valence electrons. The third kappa shape index (κ3) is 4.42. The van der Waals surface area contributed by atoms with E-state index in [0.717, 1.165) is 5.56 Å². The zero-order valence-corrected chi connectivity index (χ0v) is 11.0. The Balaban J connectivity index is 0.00000256. The molecule has 0 saturated carbocycles. The van der Waals surface area contributed by atoms with Gasteiger partial charge < -0.3 is 20.3 Å². The number of aliphatic hydroxyl groups excluding tert-OH is 1. The molecule has 3 N–H and O–H groups in total. The van der Waals surface area contributed by atoms with E-state index in [1.165, 1.54) is 0 Å². The van der Waals surface area contributed by atoms with Crippen molar-refractivity contribution in [1.82, 2.24) is 0 Å². The summed E-state index contributed by atoms with van der Waals surface area (Å²) in [6.45, 7) is 2.60. The van der Waals surface area contributed by atoms with Crippen LogP contribution in [0.1, 0.15) is 24.9 Å². The molecule has 17 heavy (non-hydrogen) atoms. The van der Waals surface area contributed by atoms with Crippen molar-refractivity contribution in [3.8, 4) is 11.5 Å². The van der Waals surface area contributed by atoms with E-state index in [1.807, 2.05) is 25.1 Å². The first-order valence-corrected chi connectivity index (χ1v) is 5.40. The molecule has 0 aliphatic carbocycles. The van der Waals surface area contributed by atoms with Crippen LogP contribution in [0, 0.1) is 0 Å². The molecule has 1 aromatic rings. The van der Waals surface area contributed by atoms with Crippen LogP contribution < -0.4 is 15.2 Å². The highest BCUT2D eigenvalue weighted by Crippen LogP contribution is 2.30. The normalized spacial score (nSPS) is 11.5. The molecule has 0 aliphatic rings. The maximum atomic E-state index is 8.83. The fraction of sp³-hybridized carbons (Fsp3) is 0.500. The van der Waals surface area contributed by atoms with E-state index in [9.17, 15) is 0 Å². The van der Waals surface area contributed by atoms with Crippen molar-refractivity contribution in [2.45, 2.75) is 19.4 Å². The number of halogens is 1. The second-order valence-electron chi connectivity index (χ2n) is 3.46. The summed E-state index contributed by atoms with van der Waals surface area (Å²) in [5.41, 5.74) is 6.84. The van der Waals surface area contributed by atoms with Crippen molar-refractivity contribution < 1.29 is 14.6 Å². The van der Waals surface area contributed by atoms with E-state index in [0.29, 0.717) is 24.5 Å². The highest BCUT2D eigenvalue weighted by atomic mass is 35.5. The minimum Gasteiger partial charge on any atom is -0.493 e. The quantitative estimate of drug-likeness (QED) is 0.821. The van der Waals surface area contributed by atoms with Crippen LogP contribution in [0.3, 0.4) is 0 Å². The standard InChI is InChI=1S/C12H19NO3.ClH/c1-3-16-11-5-4-9(8-12(11)15-2)10(13)6-7-14;/h4-5,8,10,14H,3,6-7,13H2,1-2H3;1H/t10-;/m1./s1. The first-order valence-electron chi connectivity index (χ1n) is 5.40. The van der Waals surface area contributed by atoms with Gasteiger partial charge in [0.15, 0.2) is 11.5 Å². The molecule has 0 aromatic heterocycles. The summed E-state index contributed by atoms with van der Waals surface area (Å²) < 4.78 is 10.6. The number of nitrogens with two attached hydrogens (primary N) is 1. The molecule has 1 rings (SSSR count). The number of hydrogen-bond donors (Lipinski definition) is 2. The lowest BCUT2D eigenvalue weighted by Crippen LogP contribution is -2.12. The van der Waals surface area contributed by atoms with Crippen molar-refractivity contribution in [3.05, 3.63) is 23.8 Å². The summed E-state index contributed by atoms with van der Waals surface area (Å²) in [7, 11) is 1.60. The molecule has 0 bridgehead atoms. The van der Waals surface area contributed by atoms with Crippen LogP contribution in [0.2, 0.25) is 0 Å². The first kappa shape index (κ1) is 16.0. The minimum absolute atomic E-state index is 0. The molecule has 5 heteroatoms. The van der Waals surface area contributed by atoms with Gasteiger partial charge in [-0.05, 0) is 31.0 Å². The van der Waals surface area contributed by atoms with Gasteiger partial charge in [-0.15, -0.1) is 12.4 Å². The summed E-state index contributed by atoms with van der Waals surface area (Å²) >= 11 is 0. The van der Waals surface area contributed by atoms with Crippen molar-refractivity contribution >= 4 is 12.4 Å². The molecule has 0 radical (unpaired) electrons. The average molecular weight is 262 g/mol. The largest absolute Gasteiger partial charge is 0.493 e. The van der Waals surface area contributed by atoms with Gasteiger partial charge >= 0.3 is 0 Å². The van der Waals surface area contributed by atoms with Crippen LogP contribution in [-0.2, 0) is 0 Å². The van der Waals surface area contributed by atoms with Crippen molar-refractivity contribution in [1.29, 1.82) is 0 Å². The van der Waals surface area contributed by atoms with Gasteiger partial charge in [-0.1, -0.05) is 6.07 Å². The van der Waals surface area contributed by atoms with Crippen molar-refractivity contribution in [3.63, 3.8) is 0 Å². The van der Waals surface area contributed by atoms with Crippen LogP contribution in [0.25, 0.3) is 0 Å². The van der Waals surface area contributed by atoms with Crippen LogP contribution in [-0.4, -0.2) is 25.4 Å². The summed E-state index contributed by atoms with van der Waals surface area (Å²) in [4.78, 5) is 0. The summed E-state index contributed by atoms with van der Waals surface area (Å²) in [5.74, 6) is 1.39. The van der Waals surface area contributed by atoms with E-state index in [1.54, 1.807) is 7.11 Å². The third-order valence-electron chi connectivity index (χ3n) is 2.36. The lowest BCUT2D eigenvalue weighted by Gasteiger charge is -2.14. The highest BCUT2D eigenvalue weighted by Gasteiger charge is 2.10. The topological polar surface area (TPSA) is 64.7 Å². The Morgan fingerprint density at radius 2 is 2.06 bits per heavy atom. The molecule has 0 heterocycles. The molecule has 0 saturated heterocycles. The second kappa shape index (κ2) is 8.17. The monoisotopic (exact) mass is 261 g/mol. The Kier molecular flexibility index (Phi) is 7.70. The van der Waals surface area contributed by atoms with Crippen LogP contribution >= 0.6 is 12.4 Å². The van der Waals surface area contributed by atoms with Gasteiger partial charge in [-0.25, -0.2) is 0 Å². The summed E-state index contributed by atoms with van der Waals surface area (Å²) in [6, 6.07) is 5.42. The SMILES string of the molecule is CCOc1ccc([C@H](N)CCO)cc1OC.Cl. The second-order valence-corrected chi connectivity index (χ2v) is 3.46. The smallest absolute Gasteiger partial charge is 0.161 e. The molecule has 0 fully saturated rings. The maximum Gasteiger partial charge on any atom is 0.161 e. The third-order valence-corrected chi connectivity index (χ3v) is 2.36. The lowest BCUT2D eigenvalue weighted by atomic mass is 10.0. The molecule has 0 aliphatic heterocycles. The summed E-state index contributed by atoms with van der Waals surface area (Å²) in [5, 5.41) is 8.83. The van der Waals surface area contributed by atoms with Crippen molar-refractivity contribution in [2.24, 2.45) is 5.73 Å². The molecule has 4 nitrogen and oxygen atoms in total. The molecule has 1 atom stereocenters. The average Bonchev–Trinajstić information content (AvgIpc) is 2.30. The Hall–Kier alpha value is -0.970. The first-order chi connectivity index (χ1) is 7.72. The van der Waals surface area contributed by atoms with Crippen molar-refractivity contribution in [2.75, 3.05) is 20.3 Å². The molecule has 1 aromatic carbocycles. The Morgan fingerprint density at radius 1 is 1.35 bits per heavy atom. The molecule has 0 unspecified atom stereocenters. The number of rotatable bonds is 6. The van der Waals surface area contributed by atoms with Gasteiger partial charge in [0.25, 0.3) is 0 Å². The highest BCUT2D eigenvalue weighted by molar-refractivity contribution is 5.85. The molecular formula is C12H20ClNO3. The number of methoxy groups -OCH3 is 1. The Labute approximate surface area is 108 Å². The van der Waals surface area contributed by atoms with E-state index >= 15 is 0 Å². The van der Waals surface area contributed by atoms with Gasteiger partial charge in [0.05, 0.1) is 13.7 Å². The predicted octanol–water partition coefficient (Wildman–Crippen LogP) is 1.90. The van der Waals surface area contributed by atoms with Gasteiger partial charge in [0.1, 0.15) is 0 Å².